The van der Waals surface area contributed by atoms with Crippen LogP contribution in [0, 0.1) is 5.82 Å². The summed E-state index contributed by atoms with van der Waals surface area (Å²) in [7, 11) is -3.55. The quantitative estimate of drug-likeness (QED) is 0.893. The molecule has 0 aliphatic heterocycles. The summed E-state index contributed by atoms with van der Waals surface area (Å²) in [6.07, 6.45) is 0.308. The summed E-state index contributed by atoms with van der Waals surface area (Å²) in [6, 6.07) is 12.7. The predicted molar refractivity (Wildman–Crippen MR) is 79.4 cm³/mol. The summed E-state index contributed by atoms with van der Waals surface area (Å²) in [4.78, 5) is 0.189. The Bertz CT molecular complexity index is 687. The van der Waals surface area contributed by atoms with E-state index in [2.05, 4.69) is 20.7 Å². The molecule has 2 rings (SSSR count). The molecule has 3 nitrogen and oxygen atoms in total. The highest BCUT2D eigenvalue weighted by atomic mass is 79.9. The first-order valence-electron chi connectivity index (χ1n) is 5.98. The summed E-state index contributed by atoms with van der Waals surface area (Å²) in [5.74, 6) is -0.324. The van der Waals surface area contributed by atoms with Gasteiger partial charge in [-0.25, -0.2) is 17.5 Å². The lowest BCUT2D eigenvalue weighted by Crippen LogP contribution is -2.26. The third-order valence-electron chi connectivity index (χ3n) is 2.77. The first-order chi connectivity index (χ1) is 9.49. The van der Waals surface area contributed by atoms with E-state index in [0.717, 1.165) is 4.47 Å². The first kappa shape index (κ1) is 15.2. The molecular weight excluding hydrogens is 345 g/mol. The predicted octanol–water partition coefficient (Wildman–Crippen LogP) is 3.11. The Hall–Kier alpha value is -1.24. The maximum atomic E-state index is 13.4. The van der Waals surface area contributed by atoms with Gasteiger partial charge in [-0.2, -0.15) is 0 Å². The van der Waals surface area contributed by atoms with Crippen molar-refractivity contribution in [1.82, 2.24) is 4.72 Å². The molecule has 0 aromatic heterocycles. The number of rotatable bonds is 5. The Morgan fingerprint density at radius 1 is 1.05 bits per heavy atom. The summed E-state index contributed by atoms with van der Waals surface area (Å²) in [5.41, 5.74) is 0.492. The summed E-state index contributed by atoms with van der Waals surface area (Å²) in [5, 5.41) is 0. The van der Waals surface area contributed by atoms with Gasteiger partial charge < -0.3 is 0 Å². The SMILES string of the molecule is O=S(=O)(NCCc1ccccc1F)c1ccc(Br)cc1. The van der Waals surface area contributed by atoms with Gasteiger partial charge in [0.25, 0.3) is 0 Å². The van der Waals surface area contributed by atoms with E-state index < -0.39 is 10.0 Å². The van der Waals surface area contributed by atoms with Crippen molar-refractivity contribution in [3.63, 3.8) is 0 Å². The van der Waals surface area contributed by atoms with Crippen molar-refractivity contribution >= 4 is 26.0 Å². The topological polar surface area (TPSA) is 46.2 Å². The third kappa shape index (κ3) is 3.88. The van der Waals surface area contributed by atoms with E-state index in [9.17, 15) is 12.8 Å². The van der Waals surface area contributed by atoms with Crippen LogP contribution >= 0.6 is 15.9 Å². The van der Waals surface area contributed by atoms with Gasteiger partial charge in [-0.1, -0.05) is 34.1 Å². The number of hydrogen-bond donors (Lipinski definition) is 1. The van der Waals surface area contributed by atoms with E-state index in [1.807, 2.05) is 0 Å². The highest BCUT2D eigenvalue weighted by molar-refractivity contribution is 9.10. The number of hydrogen-bond acceptors (Lipinski definition) is 2. The summed E-state index contributed by atoms with van der Waals surface area (Å²) >= 11 is 3.25. The second-order valence-corrected chi connectivity index (χ2v) is 6.88. The average Bonchev–Trinajstić information content (AvgIpc) is 2.41. The van der Waals surface area contributed by atoms with Crippen LogP contribution in [0.4, 0.5) is 4.39 Å². The molecule has 2 aromatic rings. The van der Waals surface area contributed by atoms with Gasteiger partial charge in [0, 0.05) is 11.0 Å². The van der Waals surface area contributed by atoms with Gasteiger partial charge in [0.15, 0.2) is 0 Å². The minimum Gasteiger partial charge on any atom is -0.211 e. The van der Waals surface area contributed by atoms with Crippen molar-refractivity contribution in [3.8, 4) is 0 Å². The van der Waals surface area contributed by atoms with Crippen LogP contribution in [0.3, 0.4) is 0 Å². The van der Waals surface area contributed by atoms with Gasteiger partial charge in [0.05, 0.1) is 4.90 Å². The minimum atomic E-state index is -3.55. The van der Waals surface area contributed by atoms with Crippen LogP contribution in [-0.4, -0.2) is 15.0 Å². The molecule has 0 amide bonds. The smallest absolute Gasteiger partial charge is 0.211 e. The molecule has 0 fully saturated rings. The zero-order valence-electron chi connectivity index (χ0n) is 10.5. The summed E-state index contributed by atoms with van der Waals surface area (Å²) < 4.78 is 40.7. The number of nitrogens with one attached hydrogen (secondary N) is 1. The normalized spacial score (nSPS) is 11.5. The van der Waals surface area contributed by atoms with Crippen molar-refractivity contribution in [2.45, 2.75) is 11.3 Å². The molecule has 6 heteroatoms. The Balaban J connectivity index is 2.00. The largest absolute Gasteiger partial charge is 0.240 e. The second-order valence-electron chi connectivity index (χ2n) is 4.19. The minimum absolute atomic E-state index is 0.152. The van der Waals surface area contributed by atoms with Crippen LogP contribution in [0.25, 0.3) is 0 Å². The van der Waals surface area contributed by atoms with Crippen LogP contribution in [0.1, 0.15) is 5.56 Å². The van der Waals surface area contributed by atoms with E-state index >= 15 is 0 Å². The van der Waals surface area contributed by atoms with E-state index in [-0.39, 0.29) is 17.3 Å². The molecule has 20 heavy (non-hydrogen) atoms. The van der Waals surface area contributed by atoms with Gasteiger partial charge >= 0.3 is 0 Å². The fraction of sp³-hybridized carbons (Fsp3) is 0.143. The number of halogens is 2. The molecule has 0 unspecified atom stereocenters. The first-order valence-corrected chi connectivity index (χ1v) is 8.25. The lowest BCUT2D eigenvalue weighted by molar-refractivity contribution is 0.577. The molecular formula is C14H13BrFNO2S. The second kappa shape index (κ2) is 6.47. The molecule has 1 N–H and O–H groups in total. The molecule has 0 aliphatic rings. The van der Waals surface area contributed by atoms with Gasteiger partial charge in [0.2, 0.25) is 10.0 Å². The van der Waals surface area contributed by atoms with Crippen molar-refractivity contribution in [1.29, 1.82) is 0 Å². The van der Waals surface area contributed by atoms with Crippen molar-refractivity contribution in [3.05, 3.63) is 64.4 Å². The summed E-state index contributed by atoms with van der Waals surface area (Å²) in [6.45, 7) is 0.152. The maximum absolute atomic E-state index is 13.4. The van der Waals surface area contributed by atoms with Gasteiger partial charge in [0.1, 0.15) is 5.82 Å². The van der Waals surface area contributed by atoms with Crippen LogP contribution in [0.2, 0.25) is 0 Å². The molecule has 0 radical (unpaired) electrons. The Morgan fingerprint density at radius 3 is 2.35 bits per heavy atom. The van der Waals surface area contributed by atoms with Crippen molar-refractivity contribution < 1.29 is 12.8 Å². The van der Waals surface area contributed by atoms with Gasteiger partial charge in [-0.3, -0.25) is 0 Å². The molecule has 0 saturated carbocycles. The van der Waals surface area contributed by atoms with E-state index in [0.29, 0.717) is 12.0 Å². The van der Waals surface area contributed by atoms with Gasteiger partial charge in [-0.05, 0) is 42.3 Å². The molecule has 0 bridgehead atoms. The molecule has 2 aromatic carbocycles. The lowest BCUT2D eigenvalue weighted by atomic mass is 10.1. The number of sulfonamides is 1. The Kier molecular flexibility index (Phi) is 4.91. The maximum Gasteiger partial charge on any atom is 0.240 e. The molecule has 106 valence electrons. The standard InChI is InChI=1S/C14H13BrFNO2S/c15-12-5-7-13(8-6-12)20(18,19)17-10-9-11-3-1-2-4-14(11)16/h1-8,17H,9-10H2. The van der Waals surface area contributed by atoms with Gasteiger partial charge in [-0.15, -0.1) is 0 Å². The molecule has 0 saturated heterocycles. The van der Waals surface area contributed by atoms with Crippen LogP contribution in [0.15, 0.2) is 57.9 Å². The van der Waals surface area contributed by atoms with E-state index in [1.54, 1.807) is 30.3 Å². The zero-order valence-corrected chi connectivity index (χ0v) is 12.9. The Morgan fingerprint density at radius 2 is 1.70 bits per heavy atom. The van der Waals surface area contributed by atoms with Crippen molar-refractivity contribution in [2.24, 2.45) is 0 Å². The number of benzene rings is 2. The fourth-order valence-corrected chi connectivity index (χ4v) is 3.01. The van der Waals surface area contributed by atoms with Crippen LogP contribution < -0.4 is 4.72 Å². The lowest BCUT2D eigenvalue weighted by Gasteiger charge is -2.07. The Labute approximate surface area is 126 Å². The van der Waals surface area contributed by atoms with Crippen LogP contribution in [0.5, 0.6) is 0 Å². The molecule has 0 atom stereocenters. The molecule has 0 aliphatic carbocycles. The van der Waals surface area contributed by atoms with Crippen molar-refractivity contribution in [2.75, 3.05) is 6.54 Å². The molecule has 0 spiro atoms. The van der Waals surface area contributed by atoms with E-state index in [1.165, 1.54) is 18.2 Å². The van der Waals surface area contributed by atoms with E-state index in [4.69, 9.17) is 0 Å². The third-order valence-corrected chi connectivity index (χ3v) is 4.77. The van der Waals surface area contributed by atoms with Crippen LogP contribution in [-0.2, 0) is 16.4 Å². The monoisotopic (exact) mass is 357 g/mol. The highest BCUT2D eigenvalue weighted by Gasteiger charge is 2.13. The zero-order chi connectivity index (χ0) is 14.6. The molecule has 0 heterocycles. The fourth-order valence-electron chi connectivity index (χ4n) is 1.72. The average molecular weight is 358 g/mol. The highest BCUT2D eigenvalue weighted by Crippen LogP contribution is 2.14.